The minimum Gasteiger partial charge on any atom is -0.487 e. The zero-order valence-electron chi connectivity index (χ0n) is 12.7. The molecule has 1 aromatic carbocycles. The predicted molar refractivity (Wildman–Crippen MR) is 80.1 cm³/mol. The third-order valence-corrected chi connectivity index (χ3v) is 4.47. The second-order valence-corrected chi connectivity index (χ2v) is 6.69. The zero-order chi connectivity index (χ0) is 14.2. The highest BCUT2D eigenvalue weighted by molar-refractivity contribution is 5.45. The smallest absolute Gasteiger partial charge is 0.127 e. The summed E-state index contributed by atoms with van der Waals surface area (Å²) in [6.07, 6.45) is 4.94. The minimum atomic E-state index is -0.0626. The molecule has 3 nitrogen and oxygen atoms in total. The van der Waals surface area contributed by atoms with Crippen LogP contribution in [0.5, 0.6) is 5.75 Å². The molecule has 0 amide bonds. The number of hydrogen-bond acceptors (Lipinski definition) is 3. The van der Waals surface area contributed by atoms with Gasteiger partial charge in [0.15, 0.2) is 0 Å². The normalized spacial score (nSPS) is 27.4. The maximum absolute atomic E-state index is 6.12. The van der Waals surface area contributed by atoms with Gasteiger partial charge >= 0.3 is 0 Å². The molecule has 3 rings (SSSR count). The van der Waals surface area contributed by atoms with Crippen LogP contribution in [0.1, 0.15) is 44.2 Å². The summed E-state index contributed by atoms with van der Waals surface area (Å²) in [5.41, 5.74) is 2.57. The van der Waals surface area contributed by atoms with E-state index >= 15 is 0 Å². The lowest BCUT2D eigenvalue weighted by atomic mass is 10.0. The van der Waals surface area contributed by atoms with Gasteiger partial charge in [0.1, 0.15) is 11.4 Å². The van der Waals surface area contributed by atoms with E-state index in [1.807, 2.05) is 7.11 Å². The number of benzene rings is 1. The third kappa shape index (κ3) is 2.84. The van der Waals surface area contributed by atoms with Gasteiger partial charge in [0.2, 0.25) is 0 Å². The molecule has 1 saturated carbocycles. The minimum absolute atomic E-state index is 0.0626. The summed E-state index contributed by atoms with van der Waals surface area (Å²) in [4.78, 5) is 0. The van der Waals surface area contributed by atoms with Gasteiger partial charge in [0, 0.05) is 31.7 Å². The number of ether oxygens (including phenoxy) is 2. The van der Waals surface area contributed by atoms with Crippen molar-refractivity contribution in [2.75, 3.05) is 7.11 Å². The molecule has 1 aromatic rings. The van der Waals surface area contributed by atoms with Crippen LogP contribution in [0.15, 0.2) is 18.2 Å². The fourth-order valence-corrected chi connectivity index (χ4v) is 3.41. The Morgan fingerprint density at radius 2 is 2.20 bits per heavy atom. The number of fused-ring (bicyclic) bond motifs is 1. The lowest BCUT2D eigenvalue weighted by Gasteiger charge is -2.19. The zero-order valence-corrected chi connectivity index (χ0v) is 12.7. The molecule has 0 aromatic heterocycles. The van der Waals surface area contributed by atoms with Gasteiger partial charge in [0.25, 0.3) is 0 Å². The molecule has 1 N–H and O–H groups in total. The van der Waals surface area contributed by atoms with E-state index in [0.717, 1.165) is 25.1 Å². The summed E-state index contributed by atoms with van der Waals surface area (Å²) < 4.78 is 11.5. The molecular formula is C17H25NO2. The lowest BCUT2D eigenvalue weighted by molar-refractivity contribution is 0.107. The van der Waals surface area contributed by atoms with Crippen molar-refractivity contribution in [1.82, 2.24) is 5.32 Å². The molecular weight excluding hydrogens is 250 g/mol. The first kappa shape index (κ1) is 13.9. The number of rotatable bonds is 4. The highest BCUT2D eigenvalue weighted by Crippen LogP contribution is 2.37. The average molecular weight is 275 g/mol. The van der Waals surface area contributed by atoms with Crippen LogP contribution in [-0.4, -0.2) is 24.9 Å². The first-order chi connectivity index (χ1) is 9.57. The lowest BCUT2D eigenvalue weighted by Crippen LogP contribution is -2.27. The van der Waals surface area contributed by atoms with Crippen LogP contribution in [0.2, 0.25) is 0 Å². The van der Waals surface area contributed by atoms with E-state index in [9.17, 15) is 0 Å². The molecule has 20 heavy (non-hydrogen) atoms. The molecule has 1 heterocycles. The third-order valence-electron chi connectivity index (χ3n) is 4.47. The summed E-state index contributed by atoms with van der Waals surface area (Å²) in [5.74, 6) is 1.10. The van der Waals surface area contributed by atoms with Crippen LogP contribution in [0.25, 0.3) is 0 Å². The average Bonchev–Trinajstić information content (AvgIpc) is 2.98. The first-order valence-corrected chi connectivity index (χ1v) is 7.63. The van der Waals surface area contributed by atoms with Crippen molar-refractivity contribution in [3.05, 3.63) is 29.3 Å². The van der Waals surface area contributed by atoms with Crippen LogP contribution >= 0.6 is 0 Å². The molecule has 0 radical (unpaired) electrons. The van der Waals surface area contributed by atoms with Gasteiger partial charge in [-0.1, -0.05) is 18.2 Å². The monoisotopic (exact) mass is 275 g/mol. The van der Waals surface area contributed by atoms with Crippen LogP contribution in [0, 0.1) is 0 Å². The molecule has 0 bridgehead atoms. The Morgan fingerprint density at radius 1 is 1.35 bits per heavy atom. The van der Waals surface area contributed by atoms with Crippen LogP contribution in [0.4, 0.5) is 0 Å². The van der Waals surface area contributed by atoms with E-state index in [1.54, 1.807) is 0 Å². The number of nitrogens with one attached hydrogen (secondary N) is 1. The van der Waals surface area contributed by atoms with E-state index in [0.29, 0.717) is 12.1 Å². The molecule has 0 spiro atoms. The predicted octanol–water partition coefficient (Wildman–Crippen LogP) is 3.06. The summed E-state index contributed by atoms with van der Waals surface area (Å²) >= 11 is 0. The molecule has 1 aliphatic heterocycles. The van der Waals surface area contributed by atoms with Crippen molar-refractivity contribution in [3.63, 3.8) is 0 Å². The van der Waals surface area contributed by atoms with Crippen LogP contribution in [0.3, 0.4) is 0 Å². The van der Waals surface area contributed by atoms with Gasteiger partial charge in [-0.05, 0) is 38.7 Å². The second kappa shape index (κ2) is 5.38. The fourth-order valence-electron chi connectivity index (χ4n) is 3.41. The largest absolute Gasteiger partial charge is 0.487 e. The quantitative estimate of drug-likeness (QED) is 0.916. The topological polar surface area (TPSA) is 30.5 Å². The Balaban J connectivity index is 1.64. The highest BCUT2D eigenvalue weighted by atomic mass is 16.5. The van der Waals surface area contributed by atoms with Crippen molar-refractivity contribution in [1.29, 1.82) is 0 Å². The standard InChI is InChI=1S/C17H25NO2/c1-17(2)10-12-5-4-6-13(16(12)20-17)11-18-14-7-8-15(9-14)19-3/h4-6,14-15,18H,7-11H2,1-3H3. The van der Waals surface area contributed by atoms with Crippen molar-refractivity contribution in [2.24, 2.45) is 0 Å². The second-order valence-electron chi connectivity index (χ2n) is 6.69. The molecule has 0 saturated heterocycles. The van der Waals surface area contributed by atoms with Gasteiger partial charge in [-0.3, -0.25) is 0 Å². The molecule has 2 unspecified atom stereocenters. The Labute approximate surface area is 121 Å². The van der Waals surface area contributed by atoms with E-state index in [4.69, 9.17) is 9.47 Å². The van der Waals surface area contributed by atoms with Gasteiger partial charge in [-0.25, -0.2) is 0 Å². The molecule has 110 valence electrons. The Bertz CT molecular complexity index is 484. The van der Waals surface area contributed by atoms with Crippen LogP contribution < -0.4 is 10.1 Å². The number of methoxy groups -OCH3 is 1. The molecule has 1 fully saturated rings. The SMILES string of the molecule is COC1CCC(NCc2cccc3c2OC(C)(C)C3)C1. The maximum atomic E-state index is 6.12. The summed E-state index contributed by atoms with van der Waals surface area (Å²) in [7, 11) is 1.81. The highest BCUT2D eigenvalue weighted by Gasteiger charge is 2.31. The Hall–Kier alpha value is -1.06. The molecule has 1 aliphatic carbocycles. The molecule has 2 aliphatic rings. The number of para-hydroxylation sites is 1. The summed E-state index contributed by atoms with van der Waals surface area (Å²) in [5, 5.41) is 3.66. The van der Waals surface area contributed by atoms with E-state index in [2.05, 4.69) is 37.4 Å². The van der Waals surface area contributed by atoms with Crippen molar-refractivity contribution in [3.8, 4) is 5.75 Å². The van der Waals surface area contributed by atoms with E-state index in [1.165, 1.54) is 24.0 Å². The van der Waals surface area contributed by atoms with Gasteiger partial charge in [0.05, 0.1) is 6.10 Å². The van der Waals surface area contributed by atoms with E-state index < -0.39 is 0 Å². The maximum Gasteiger partial charge on any atom is 0.127 e. The van der Waals surface area contributed by atoms with Gasteiger partial charge in [-0.15, -0.1) is 0 Å². The van der Waals surface area contributed by atoms with Crippen molar-refractivity contribution in [2.45, 2.75) is 63.8 Å². The first-order valence-electron chi connectivity index (χ1n) is 7.63. The Morgan fingerprint density at radius 3 is 2.95 bits per heavy atom. The summed E-state index contributed by atoms with van der Waals surface area (Å²) in [6, 6.07) is 7.08. The fraction of sp³-hybridized carbons (Fsp3) is 0.647. The summed E-state index contributed by atoms with van der Waals surface area (Å²) in [6.45, 7) is 5.20. The van der Waals surface area contributed by atoms with Crippen molar-refractivity contribution >= 4 is 0 Å². The molecule has 2 atom stereocenters. The van der Waals surface area contributed by atoms with Crippen LogP contribution in [-0.2, 0) is 17.7 Å². The van der Waals surface area contributed by atoms with E-state index in [-0.39, 0.29) is 5.60 Å². The van der Waals surface area contributed by atoms with Gasteiger partial charge < -0.3 is 14.8 Å². The molecule has 3 heteroatoms. The number of hydrogen-bond donors (Lipinski definition) is 1. The van der Waals surface area contributed by atoms with Crippen molar-refractivity contribution < 1.29 is 9.47 Å². The Kier molecular flexibility index (Phi) is 3.74. The van der Waals surface area contributed by atoms with Gasteiger partial charge in [-0.2, -0.15) is 0 Å².